The van der Waals surface area contributed by atoms with Gasteiger partial charge in [0, 0.05) is 23.1 Å². The lowest BCUT2D eigenvalue weighted by atomic mass is 10.1. The van der Waals surface area contributed by atoms with Crippen molar-refractivity contribution in [3.63, 3.8) is 0 Å². The standard InChI is InChI=1S/C26H24BrN3O2S/c27-20-12-7-15-22(17-20)28-25(32)23-18-24(31)30(16-8-11-19-9-3-1-4-10-19)26(33-23)29-21-13-5-2-6-14-21/h1-7,9-10,12-15,17,23H,8,11,16,18H2,(H,28,32). The van der Waals surface area contributed by atoms with Gasteiger partial charge in [-0.25, -0.2) is 4.99 Å². The predicted octanol–water partition coefficient (Wildman–Crippen LogP) is 6.04. The number of amidine groups is 1. The Hall–Kier alpha value is -2.90. The molecule has 33 heavy (non-hydrogen) atoms. The average Bonchev–Trinajstić information content (AvgIpc) is 2.82. The van der Waals surface area contributed by atoms with Gasteiger partial charge in [0.25, 0.3) is 0 Å². The molecule has 0 aromatic heterocycles. The molecule has 3 aromatic rings. The van der Waals surface area contributed by atoms with Crippen molar-refractivity contribution in [3.05, 3.63) is 95.0 Å². The molecule has 1 N–H and O–H groups in total. The molecule has 7 heteroatoms. The largest absolute Gasteiger partial charge is 0.325 e. The van der Waals surface area contributed by atoms with Crippen LogP contribution in [0.4, 0.5) is 11.4 Å². The molecule has 5 nitrogen and oxygen atoms in total. The van der Waals surface area contributed by atoms with E-state index >= 15 is 0 Å². The lowest BCUT2D eigenvalue weighted by molar-refractivity contribution is -0.129. The number of benzene rings is 3. The van der Waals surface area contributed by atoms with E-state index in [1.807, 2.05) is 72.8 Å². The van der Waals surface area contributed by atoms with Crippen LogP contribution in [0.1, 0.15) is 18.4 Å². The Morgan fingerprint density at radius 2 is 1.76 bits per heavy atom. The van der Waals surface area contributed by atoms with Crippen molar-refractivity contribution >= 4 is 56.0 Å². The molecular weight excluding hydrogens is 498 g/mol. The van der Waals surface area contributed by atoms with E-state index in [2.05, 4.69) is 33.4 Å². The van der Waals surface area contributed by atoms with Gasteiger partial charge in [0.05, 0.1) is 5.69 Å². The number of thioether (sulfide) groups is 1. The maximum Gasteiger partial charge on any atom is 0.238 e. The Morgan fingerprint density at radius 3 is 2.48 bits per heavy atom. The molecule has 0 radical (unpaired) electrons. The Labute approximate surface area is 206 Å². The van der Waals surface area contributed by atoms with Crippen LogP contribution in [0.15, 0.2) is 94.4 Å². The zero-order chi connectivity index (χ0) is 23.0. The van der Waals surface area contributed by atoms with E-state index < -0.39 is 5.25 Å². The van der Waals surface area contributed by atoms with Gasteiger partial charge in [0.2, 0.25) is 11.8 Å². The molecule has 4 rings (SSSR count). The second-order valence-corrected chi connectivity index (χ2v) is 9.76. The molecule has 0 bridgehead atoms. The van der Waals surface area contributed by atoms with E-state index in [1.54, 1.807) is 4.90 Å². The van der Waals surface area contributed by atoms with Gasteiger partial charge in [-0.2, -0.15) is 0 Å². The summed E-state index contributed by atoms with van der Waals surface area (Å²) in [5.41, 5.74) is 2.69. The minimum atomic E-state index is -0.538. The van der Waals surface area contributed by atoms with Crippen molar-refractivity contribution in [2.45, 2.75) is 24.5 Å². The predicted molar refractivity (Wildman–Crippen MR) is 139 cm³/mol. The summed E-state index contributed by atoms with van der Waals surface area (Å²) in [4.78, 5) is 32.5. The molecule has 1 unspecified atom stereocenters. The van der Waals surface area contributed by atoms with Gasteiger partial charge in [0.1, 0.15) is 5.25 Å². The summed E-state index contributed by atoms with van der Waals surface area (Å²) in [5, 5.41) is 2.95. The van der Waals surface area contributed by atoms with Gasteiger partial charge in [-0.3, -0.25) is 14.5 Å². The van der Waals surface area contributed by atoms with Crippen LogP contribution in [0, 0.1) is 0 Å². The number of aliphatic imine (C=N–C) groups is 1. The molecule has 3 aromatic carbocycles. The molecule has 1 fully saturated rings. The average molecular weight is 522 g/mol. The minimum Gasteiger partial charge on any atom is -0.325 e. The highest BCUT2D eigenvalue weighted by Gasteiger charge is 2.35. The lowest BCUT2D eigenvalue weighted by Gasteiger charge is -2.32. The lowest BCUT2D eigenvalue weighted by Crippen LogP contribution is -2.45. The Morgan fingerprint density at radius 1 is 1.03 bits per heavy atom. The summed E-state index contributed by atoms with van der Waals surface area (Å²) < 4.78 is 0.878. The molecule has 0 spiro atoms. The van der Waals surface area contributed by atoms with Crippen LogP contribution < -0.4 is 5.32 Å². The van der Waals surface area contributed by atoms with Crippen LogP contribution in [0.2, 0.25) is 0 Å². The quantitative estimate of drug-likeness (QED) is 0.412. The highest BCUT2D eigenvalue weighted by atomic mass is 79.9. The first-order valence-electron chi connectivity index (χ1n) is 10.8. The number of nitrogens with zero attached hydrogens (tertiary/aromatic N) is 2. The number of anilines is 1. The van der Waals surface area contributed by atoms with Crippen LogP contribution in [0.3, 0.4) is 0 Å². The summed E-state index contributed by atoms with van der Waals surface area (Å²) in [5.74, 6) is -0.276. The van der Waals surface area contributed by atoms with Crippen LogP contribution in [0.5, 0.6) is 0 Å². The monoisotopic (exact) mass is 521 g/mol. The Bertz CT molecular complexity index is 1140. The maximum absolute atomic E-state index is 13.1. The van der Waals surface area contributed by atoms with Crippen molar-refractivity contribution < 1.29 is 9.59 Å². The number of rotatable bonds is 7. The number of hydrogen-bond acceptors (Lipinski definition) is 4. The molecule has 1 heterocycles. The number of carbonyl (C=O) groups excluding carboxylic acids is 2. The summed E-state index contributed by atoms with van der Waals surface area (Å²) in [6.07, 6.45) is 1.84. The van der Waals surface area contributed by atoms with E-state index in [0.717, 1.165) is 23.0 Å². The normalized spacial score (nSPS) is 17.2. The molecular formula is C26H24BrN3O2S. The summed E-state index contributed by atoms with van der Waals surface area (Å²) in [6.45, 7) is 0.562. The fourth-order valence-electron chi connectivity index (χ4n) is 3.55. The first-order chi connectivity index (χ1) is 16.1. The van der Waals surface area contributed by atoms with Gasteiger partial charge in [0.15, 0.2) is 5.17 Å². The number of para-hydroxylation sites is 1. The highest BCUT2D eigenvalue weighted by Crippen LogP contribution is 2.30. The number of hydrogen-bond donors (Lipinski definition) is 1. The zero-order valence-electron chi connectivity index (χ0n) is 18.0. The summed E-state index contributed by atoms with van der Waals surface area (Å²) >= 11 is 4.76. The fraction of sp³-hybridized carbons (Fsp3) is 0.192. The molecule has 0 saturated carbocycles. The number of aryl methyl sites for hydroxylation is 1. The summed E-state index contributed by atoms with van der Waals surface area (Å²) in [7, 11) is 0. The van der Waals surface area contributed by atoms with Crippen LogP contribution in [0.25, 0.3) is 0 Å². The number of carbonyl (C=O) groups is 2. The van der Waals surface area contributed by atoms with Gasteiger partial charge >= 0.3 is 0 Å². The third kappa shape index (κ3) is 6.55. The van der Waals surface area contributed by atoms with Crippen LogP contribution in [-0.2, 0) is 16.0 Å². The van der Waals surface area contributed by atoms with Crippen molar-refractivity contribution in [2.24, 2.45) is 4.99 Å². The van der Waals surface area contributed by atoms with Crippen molar-refractivity contribution in [1.82, 2.24) is 4.90 Å². The zero-order valence-corrected chi connectivity index (χ0v) is 20.4. The number of nitrogens with one attached hydrogen (secondary N) is 1. The molecule has 1 aliphatic heterocycles. The van der Waals surface area contributed by atoms with E-state index in [4.69, 9.17) is 4.99 Å². The first-order valence-corrected chi connectivity index (χ1v) is 12.5. The van der Waals surface area contributed by atoms with Crippen molar-refractivity contribution in [2.75, 3.05) is 11.9 Å². The number of amides is 2. The van der Waals surface area contributed by atoms with Gasteiger partial charge in [-0.15, -0.1) is 0 Å². The van der Waals surface area contributed by atoms with Crippen LogP contribution in [-0.4, -0.2) is 33.7 Å². The molecule has 2 amide bonds. The molecule has 1 aliphatic rings. The van der Waals surface area contributed by atoms with E-state index in [0.29, 0.717) is 17.4 Å². The van der Waals surface area contributed by atoms with Gasteiger partial charge in [-0.1, -0.05) is 82.3 Å². The molecule has 168 valence electrons. The molecule has 1 atom stereocenters. The topological polar surface area (TPSA) is 61.8 Å². The molecule has 0 aliphatic carbocycles. The second-order valence-electron chi connectivity index (χ2n) is 7.67. The smallest absolute Gasteiger partial charge is 0.238 e. The SMILES string of the molecule is O=C(Nc1cccc(Br)c1)C1CC(=O)N(CCCc2ccccc2)C(=Nc2ccccc2)S1. The minimum absolute atomic E-state index is 0.0779. The number of halogens is 1. The highest BCUT2D eigenvalue weighted by molar-refractivity contribution is 9.10. The van der Waals surface area contributed by atoms with Gasteiger partial charge in [-0.05, 0) is 48.7 Å². The van der Waals surface area contributed by atoms with Crippen LogP contribution >= 0.6 is 27.7 Å². The molecule has 1 saturated heterocycles. The van der Waals surface area contributed by atoms with Crippen molar-refractivity contribution in [1.29, 1.82) is 0 Å². The van der Waals surface area contributed by atoms with Crippen molar-refractivity contribution in [3.8, 4) is 0 Å². The summed E-state index contributed by atoms with van der Waals surface area (Å²) in [6, 6.07) is 27.2. The maximum atomic E-state index is 13.1. The Balaban J connectivity index is 1.49. The van der Waals surface area contributed by atoms with E-state index in [-0.39, 0.29) is 18.2 Å². The van der Waals surface area contributed by atoms with E-state index in [9.17, 15) is 9.59 Å². The third-order valence-corrected chi connectivity index (χ3v) is 6.88. The fourth-order valence-corrected chi connectivity index (χ4v) is 5.07. The second kappa shape index (κ2) is 11.3. The third-order valence-electron chi connectivity index (χ3n) is 5.20. The van der Waals surface area contributed by atoms with E-state index in [1.165, 1.54) is 17.3 Å². The van der Waals surface area contributed by atoms with Gasteiger partial charge < -0.3 is 5.32 Å². The Kier molecular flexibility index (Phi) is 7.96. The first kappa shape index (κ1) is 23.3.